The van der Waals surface area contributed by atoms with Gasteiger partial charge < -0.3 is 10.1 Å². The molecule has 7 nitrogen and oxygen atoms in total. The van der Waals surface area contributed by atoms with Crippen LogP contribution in [0.3, 0.4) is 0 Å². The molecule has 1 aromatic carbocycles. The van der Waals surface area contributed by atoms with Crippen LogP contribution in [0.4, 0.5) is 18.2 Å². The lowest BCUT2D eigenvalue weighted by Gasteiger charge is -2.31. The minimum absolute atomic E-state index is 0.0963. The molecule has 0 bridgehead atoms. The van der Waals surface area contributed by atoms with E-state index < -0.39 is 38.5 Å². The van der Waals surface area contributed by atoms with Crippen molar-refractivity contribution in [2.45, 2.75) is 23.9 Å². The van der Waals surface area contributed by atoms with E-state index in [1.54, 1.807) is 5.38 Å². The van der Waals surface area contributed by atoms with Crippen LogP contribution in [0.1, 0.15) is 28.8 Å². The molecule has 1 fully saturated rings. The molecule has 1 aromatic heterocycles. The zero-order chi connectivity index (χ0) is 22.8. The highest BCUT2D eigenvalue weighted by Crippen LogP contribution is 2.36. The summed E-state index contributed by atoms with van der Waals surface area (Å²) in [6.07, 6.45) is -4.53. The van der Waals surface area contributed by atoms with E-state index in [0.717, 1.165) is 33.8 Å². The van der Waals surface area contributed by atoms with E-state index in [4.69, 9.17) is 0 Å². The highest BCUT2D eigenvalue weighted by Gasteiger charge is 2.40. The van der Waals surface area contributed by atoms with Crippen LogP contribution in [0, 0.1) is 5.92 Å². The Hall–Kier alpha value is -2.44. The first-order valence-electron chi connectivity index (χ1n) is 9.18. The average Bonchev–Trinajstić information content (AvgIpc) is 3.20. The SMILES string of the molecule is COC(=O)c1ccsc1NC(=O)C1CCN(S(=O)(=O)c2ccccc2C(F)(F)F)CC1. The van der Waals surface area contributed by atoms with Gasteiger partial charge in [-0.2, -0.15) is 17.5 Å². The topological polar surface area (TPSA) is 92.8 Å². The first-order chi connectivity index (χ1) is 14.6. The maximum Gasteiger partial charge on any atom is 0.417 e. The number of piperidine rings is 1. The van der Waals surface area contributed by atoms with Crippen molar-refractivity contribution in [1.82, 2.24) is 4.31 Å². The van der Waals surface area contributed by atoms with Crippen molar-refractivity contribution >= 4 is 38.2 Å². The predicted molar refractivity (Wildman–Crippen MR) is 107 cm³/mol. The molecule has 0 radical (unpaired) electrons. The van der Waals surface area contributed by atoms with Gasteiger partial charge in [0.15, 0.2) is 0 Å². The quantitative estimate of drug-likeness (QED) is 0.666. The van der Waals surface area contributed by atoms with Crippen molar-refractivity contribution in [2.24, 2.45) is 5.92 Å². The van der Waals surface area contributed by atoms with E-state index in [0.29, 0.717) is 5.00 Å². The lowest BCUT2D eigenvalue weighted by atomic mass is 9.97. The van der Waals surface area contributed by atoms with Crippen LogP contribution in [0.2, 0.25) is 0 Å². The third-order valence-electron chi connectivity index (χ3n) is 4.94. The number of anilines is 1. The van der Waals surface area contributed by atoms with Crippen molar-refractivity contribution < 1.29 is 35.9 Å². The van der Waals surface area contributed by atoms with E-state index >= 15 is 0 Å². The molecule has 31 heavy (non-hydrogen) atoms. The summed E-state index contributed by atoms with van der Waals surface area (Å²) in [5.74, 6) is -1.53. The number of nitrogens with one attached hydrogen (secondary N) is 1. The molecule has 1 N–H and O–H groups in total. The van der Waals surface area contributed by atoms with Crippen LogP contribution in [-0.2, 0) is 25.7 Å². The van der Waals surface area contributed by atoms with Gasteiger partial charge in [0.05, 0.1) is 23.1 Å². The van der Waals surface area contributed by atoms with Gasteiger partial charge in [-0.05, 0) is 36.4 Å². The number of carbonyl (C=O) groups excluding carboxylic acids is 2. The second-order valence-electron chi connectivity index (χ2n) is 6.82. The number of thiophene rings is 1. The number of benzene rings is 1. The van der Waals surface area contributed by atoms with E-state index in [1.807, 2.05) is 0 Å². The number of rotatable bonds is 5. The minimum atomic E-state index is -4.81. The molecule has 0 atom stereocenters. The first-order valence-corrected chi connectivity index (χ1v) is 11.5. The third kappa shape index (κ3) is 4.91. The summed E-state index contributed by atoms with van der Waals surface area (Å²) in [5, 5.41) is 4.60. The Morgan fingerprint density at radius 2 is 1.81 bits per heavy atom. The Kier molecular flexibility index (Phi) is 6.72. The smallest absolute Gasteiger partial charge is 0.417 e. The summed E-state index contributed by atoms with van der Waals surface area (Å²) in [6.45, 7) is -0.193. The van der Waals surface area contributed by atoms with Gasteiger partial charge in [0.1, 0.15) is 5.00 Å². The van der Waals surface area contributed by atoms with Gasteiger partial charge in [0.2, 0.25) is 15.9 Å². The van der Waals surface area contributed by atoms with Crippen LogP contribution in [0.25, 0.3) is 0 Å². The van der Waals surface area contributed by atoms with E-state index in [2.05, 4.69) is 10.1 Å². The molecule has 2 heterocycles. The molecule has 12 heteroatoms. The summed E-state index contributed by atoms with van der Waals surface area (Å²) in [4.78, 5) is 23.5. The second kappa shape index (κ2) is 8.97. The molecule has 1 amide bonds. The van der Waals surface area contributed by atoms with Crippen LogP contribution < -0.4 is 5.32 Å². The van der Waals surface area contributed by atoms with Gasteiger partial charge in [-0.3, -0.25) is 4.79 Å². The predicted octanol–water partition coefficient (Wildman–Crippen LogP) is 3.59. The zero-order valence-corrected chi connectivity index (χ0v) is 17.9. The van der Waals surface area contributed by atoms with Crippen molar-refractivity contribution in [1.29, 1.82) is 0 Å². The molecule has 1 aliphatic heterocycles. The summed E-state index contributed by atoms with van der Waals surface area (Å²) >= 11 is 1.15. The number of hydrogen-bond acceptors (Lipinski definition) is 6. The Balaban J connectivity index is 1.69. The molecular formula is C19H19F3N2O5S2. The highest BCUT2D eigenvalue weighted by molar-refractivity contribution is 7.89. The lowest BCUT2D eigenvalue weighted by molar-refractivity contribution is -0.139. The first kappa shape index (κ1) is 23.2. The fourth-order valence-electron chi connectivity index (χ4n) is 3.31. The van der Waals surface area contributed by atoms with Gasteiger partial charge in [0, 0.05) is 19.0 Å². The Bertz CT molecular complexity index is 1070. The summed E-state index contributed by atoms with van der Waals surface area (Å²) < 4.78 is 71.0. The average molecular weight is 476 g/mol. The monoisotopic (exact) mass is 476 g/mol. The molecule has 0 aliphatic carbocycles. The normalized spacial score (nSPS) is 16.1. The molecule has 1 saturated heterocycles. The number of nitrogens with zero attached hydrogens (tertiary/aromatic N) is 1. The number of carbonyl (C=O) groups is 2. The Morgan fingerprint density at radius 3 is 2.42 bits per heavy atom. The molecule has 168 valence electrons. The number of alkyl halides is 3. The summed E-state index contributed by atoms with van der Waals surface area (Å²) in [5.41, 5.74) is -1.01. The van der Waals surface area contributed by atoms with Crippen LogP contribution in [0.5, 0.6) is 0 Å². The third-order valence-corrected chi connectivity index (χ3v) is 7.73. The van der Waals surface area contributed by atoms with E-state index in [-0.39, 0.29) is 37.4 Å². The van der Waals surface area contributed by atoms with Crippen LogP contribution in [0.15, 0.2) is 40.6 Å². The Labute approximate surface area is 180 Å². The van der Waals surface area contributed by atoms with E-state index in [1.165, 1.54) is 19.2 Å². The summed E-state index contributed by atoms with van der Waals surface area (Å²) in [7, 11) is -3.15. The minimum Gasteiger partial charge on any atom is -0.465 e. The Morgan fingerprint density at radius 1 is 1.16 bits per heavy atom. The number of methoxy groups -OCH3 is 1. The van der Waals surface area contributed by atoms with Crippen molar-refractivity contribution in [2.75, 3.05) is 25.5 Å². The molecule has 3 rings (SSSR count). The number of esters is 1. The number of sulfonamides is 1. The van der Waals surface area contributed by atoms with Crippen molar-refractivity contribution in [3.63, 3.8) is 0 Å². The van der Waals surface area contributed by atoms with Gasteiger partial charge in [-0.25, -0.2) is 13.2 Å². The largest absolute Gasteiger partial charge is 0.465 e. The number of ether oxygens (including phenoxy) is 1. The molecule has 0 unspecified atom stereocenters. The number of amides is 1. The molecule has 1 aliphatic rings. The zero-order valence-electron chi connectivity index (χ0n) is 16.3. The fraction of sp³-hybridized carbons (Fsp3) is 0.368. The number of halogens is 3. The molecule has 0 spiro atoms. The van der Waals surface area contributed by atoms with Crippen molar-refractivity contribution in [3.8, 4) is 0 Å². The number of hydrogen-bond donors (Lipinski definition) is 1. The molecular weight excluding hydrogens is 457 g/mol. The standard InChI is InChI=1S/C19H19F3N2O5S2/c1-29-18(26)13-8-11-30-17(13)23-16(25)12-6-9-24(10-7-12)31(27,28)15-5-3-2-4-14(15)19(20,21)22/h2-5,8,11-12H,6-7,9-10H2,1H3,(H,23,25). The van der Waals surface area contributed by atoms with Gasteiger partial charge >= 0.3 is 12.1 Å². The molecule has 0 saturated carbocycles. The maximum absolute atomic E-state index is 13.2. The highest BCUT2D eigenvalue weighted by atomic mass is 32.2. The maximum atomic E-state index is 13.2. The van der Waals surface area contributed by atoms with Gasteiger partial charge in [0.25, 0.3) is 0 Å². The molecule has 2 aromatic rings. The van der Waals surface area contributed by atoms with Crippen LogP contribution in [-0.4, -0.2) is 44.8 Å². The lowest BCUT2D eigenvalue weighted by Crippen LogP contribution is -2.41. The second-order valence-corrected chi connectivity index (χ2v) is 9.64. The van der Waals surface area contributed by atoms with Crippen LogP contribution >= 0.6 is 11.3 Å². The summed E-state index contributed by atoms with van der Waals surface area (Å²) in [6, 6.07) is 5.54. The van der Waals surface area contributed by atoms with E-state index in [9.17, 15) is 31.2 Å². The van der Waals surface area contributed by atoms with Gasteiger partial charge in [-0.1, -0.05) is 12.1 Å². The van der Waals surface area contributed by atoms with Gasteiger partial charge in [-0.15, -0.1) is 11.3 Å². The fourth-order valence-corrected chi connectivity index (χ4v) is 5.77. The van der Waals surface area contributed by atoms with Crippen molar-refractivity contribution in [3.05, 3.63) is 46.8 Å².